The summed E-state index contributed by atoms with van der Waals surface area (Å²) in [6.07, 6.45) is 5.99. The summed E-state index contributed by atoms with van der Waals surface area (Å²) in [6, 6.07) is 8.29. The van der Waals surface area contributed by atoms with Crippen molar-refractivity contribution >= 4 is 0 Å². The van der Waals surface area contributed by atoms with Crippen LogP contribution < -0.4 is 0 Å². The molecule has 4 nitrogen and oxygen atoms in total. The second-order valence-corrected chi connectivity index (χ2v) is 6.11. The van der Waals surface area contributed by atoms with Gasteiger partial charge in [0.2, 0.25) is 6.54 Å². The first-order valence-corrected chi connectivity index (χ1v) is 7.52. The summed E-state index contributed by atoms with van der Waals surface area (Å²) in [7, 11) is 0. The Hall–Kier alpha value is -1.42. The lowest BCUT2D eigenvalue weighted by molar-refractivity contribution is -0.503. The Morgan fingerprint density at radius 3 is 2.75 bits per heavy atom. The Morgan fingerprint density at radius 1 is 1.25 bits per heavy atom. The van der Waals surface area contributed by atoms with Gasteiger partial charge in [0.25, 0.3) is 0 Å². The van der Waals surface area contributed by atoms with Crippen molar-refractivity contribution in [2.45, 2.75) is 44.6 Å². The Labute approximate surface area is 119 Å². The van der Waals surface area contributed by atoms with Gasteiger partial charge >= 0.3 is 0 Å². The van der Waals surface area contributed by atoms with Gasteiger partial charge in [-0.25, -0.2) is 0 Å². The van der Waals surface area contributed by atoms with E-state index in [4.69, 9.17) is 4.74 Å². The van der Waals surface area contributed by atoms with Gasteiger partial charge in [0.15, 0.2) is 0 Å². The maximum atomic E-state index is 11.2. The fourth-order valence-electron chi connectivity index (χ4n) is 3.92. The van der Waals surface area contributed by atoms with Gasteiger partial charge in [-0.05, 0) is 30.4 Å². The van der Waals surface area contributed by atoms with Crippen molar-refractivity contribution < 1.29 is 9.66 Å². The minimum absolute atomic E-state index is 0.0337. The third-order valence-electron chi connectivity index (χ3n) is 4.84. The molecule has 4 heteroatoms. The molecule has 0 aromatic heterocycles. The lowest BCUT2D eigenvalue weighted by Crippen LogP contribution is -2.41. The highest BCUT2D eigenvalue weighted by Gasteiger charge is 2.47. The third-order valence-corrected chi connectivity index (χ3v) is 4.84. The van der Waals surface area contributed by atoms with E-state index in [0.717, 1.165) is 32.1 Å². The van der Waals surface area contributed by atoms with Crippen LogP contribution in [-0.4, -0.2) is 18.1 Å². The van der Waals surface area contributed by atoms with Crippen LogP contribution in [0.5, 0.6) is 0 Å². The Balaban J connectivity index is 1.97. The van der Waals surface area contributed by atoms with E-state index in [1.807, 2.05) is 12.1 Å². The molecular weight excluding hydrogens is 254 g/mol. The van der Waals surface area contributed by atoms with Crippen LogP contribution in [0.1, 0.15) is 49.3 Å². The molecule has 1 heterocycles. The molecule has 1 aliphatic heterocycles. The normalized spacial score (nSPS) is 24.9. The van der Waals surface area contributed by atoms with Gasteiger partial charge in [0.1, 0.15) is 0 Å². The predicted octanol–water partition coefficient (Wildman–Crippen LogP) is 3.53. The molecule has 0 N–H and O–H groups in total. The number of ether oxygens (including phenoxy) is 1. The number of fused-ring (bicyclic) bond motifs is 1. The van der Waals surface area contributed by atoms with Crippen molar-refractivity contribution in [1.82, 2.24) is 0 Å². The summed E-state index contributed by atoms with van der Waals surface area (Å²) >= 11 is 0. The van der Waals surface area contributed by atoms with Crippen LogP contribution in [0.25, 0.3) is 0 Å². The molecule has 2 aliphatic rings. The van der Waals surface area contributed by atoms with Gasteiger partial charge in [-0.3, -0.25) is 10.1 Å². The highest BCUT2D eigenvalue weighted by atomic mass is 16.6. The van der Waals surface area contributed by atoms with E-state index in [-0.39, 0.29) is 23.0 Å². The van der Waals surface area contributed by atoms with Crippen molar-refractivity contribution in [1.29, 1.82) is 0 Å². The molecule has 0 amide bonds. The first kappa shape index (κ1) is 13.6. The maximum absolute atomic E-state index is 11.2. The molecule has 1 saturated carbocycles. The van der Waals surface area contributed by atoms with Gasteiger partial charge < -0.3 is 4.74 Å². The first-order chi connectivity index (χ1) is 9.71. The van der Waals surface area contributed by atoms with Crippen LogP contribution >= 0.6 is 0 Å². The first-order valence-electron chi connectivity index (χ1n) is 7.52. The second kappa shape index (κ2) is 5.52. The minimum Gasteiger partial charge on any atom is -0.372 e. The fourth-order valence-corrected chi connectivity index (χ4v) is 3.92. The van der Waals surface area contributed by atoms with E-state index in [9.17, 15) is 10.1 Å². The van der Waals surface area contributed by atoms with Crippen LogP contribution in [0.2, 0.25) is 0 Å². The molecule has 20 heavy (non-hydrogen) atoms. The number of benzene rings is 1. The number of nitrogens with zero attached hydrogens (tertiary/aromatic N) is 1. The van der Waals surface area contributed by atoms with Gasteiger partial charge in [-0.15, -0.1) is 0 Å². The Morgan fingerprint density at radius 2 is 2.00 bits per heavy atom. The quantitative estimate of drug-likeness (QED) is 0.626. The van der Waals surface area contributed by atoms with E-state index in [2.05, 4.69) is 12.1 Å². The molecule has 1 aliphatic carbocycles. The van der Waals surface area contributed by atoms with Crippen molar-refractivity contribution in [3.05, 3.63) is 45.5 Å². The van der Waals surface area contributed by atoms with Crippen molar-refractivity contribution in [3.8, 4) is 0 Å². The molecule has 1 fully saturated rings. The topological polar surface area (TPSA) is 52.4 Å². The molecule has 1 aromatic rings. The number of nitro groups is 1. The molecule has 3 rings (SSSR count). The molecule has 1 aromatic carbocycles. The largest absolute Gasteiger partial charge is 0.372 e. The standard InChI is InChI=1S/C16H21NO3/c18-17(19)12-16(9-4-1-5-10-16)15-14-7-3-2-6-13(14)8-11-20-15/h2-3,6-7,15H,1,4-5,8-12H2. The summed E-state index contributed by atoms with van der Waals surface area (Å²) in [5.41, 5.74) is 2.18. The van der Waals surface area contributed by atoms with Gasteiger partial charge in [-0.2, -0.15) is 0 Å². The lowest BCUT2D eigenvalue weighted by Gasteiger charge is -2.42. The summed E-state index contributed by atoms with van der Waals surface area (Å²) < 4.78 is 6.04. The maximum Gasteiger partial charge on any atom is 0.212 e. The van der Waals surface area contributed by atoms with Crippen molar-refractivity contribution in [3.63, 3.8) is 0 Å². The summed E-state index contributed by atoms with van der Waals surface area (Å²) in [4.78, 5) is 11.0. The summed E-state index contributed by atoms with van der Waals surface area (Å²) in [5, 5.41) is 11.2. The van der Waals surface area contributed by atoms with Crippen molar-refractivity contribution in [2.75, 3.05) is 13.2 Å². The van der Waals surface area contributed by atoms with E-state index in [1.54, 1.807) is 0 Å². The minimum atomic E-state index is -0.307. The zero-order valence-electron chi connectivity index (χ0n) is 11.7. The van der Waals surface area contributed by atoms with E-state index in [1.165, 1.54) is 17.5 Å². The monoisotopic (exact) mass is 275 g/mol. The summed E-state index contributed by atoms with van der Waals surface area (Å²) in [5.74, 6) is 0. The van der Waals surface area contributed by atoms with E-state index < -0.39 is 0 Å². The SMILES string of the molecule is O=[N+]([O-])CC1(C2OCCc3ccccc32)CCCCC1. The average molecular weight is 275 g/mol. The van der Waals surface area contributed by atoms with E-state index >= 15 is 0 Å². The molecule has 0 bridgehead atoms. The van der Waals surface area contributed by atoms with Crippen LogP contribution in [-0.2, 0) is 11.2 Å². The average Bonchev–Trinajstić information content (AvgIpc) is 2.47. The van der Waals surface area contributed by atoms with Crippen LogP contribution in [0.3, 0.4) is 0 Å². The molecular formula is C16H21NO3. The smallest absolute Gasteiger partial charge is 0.212 e. The predicted molar refractivity (Wildman–Crippen MR) is 76.2 cm³/mol. The lowest BCUT2D eigenvalue weighted by atomic mass is 9.67. The zero-order chi connectivity index (χ0) is 14.0. The number of hydrogen-bond donors (Lipinski definition) is 0. The van der Waals surface area contributed by atoms with Gasteiger partial charge in [0.05, 0.1) is 18.1 Å². The zero-order valence-corrected chi connectivity index (χ0v) is 11.7. The molecule has 1 unspecified atom stereocenters. The van der Waals surface area contributed by atoms with Gasteiger partial charge in [0, 0.05) is 4.92 Å². The van der Waals surface area contributed by atoms with Gasteiger partial charge in [-0.1, -0.05) is 43.5 Å². The van der Waals surface area contributed by atoms with Crippen molar-refractivity contribution in [2.24, 2.45) is 5.41 Å². The highest BCUT2D eigenvalue weighted by Crippen LogP contribution is 2.50. The second-order valence-electron chi connectivity index (χ2n) is 6.11. The Bertz CT molecular complexity index is 494. The number of rotatable bonds is 3. The summed E-state index contributed by atoms with van der Waals surface area (Å²) in [6.45, 7) is 0.715. The van der Waals surface area contributed by atoms with E-state index in [0.29, 0.717) is 6.61 Å². The van der Waals surface area contributed by atoms with Crippen LogP contribution in [0.4, 0.5) is 0 Å². The fraction of sp³-hybridized carbons (Fsp3) is 0.625. The molecule has 108 valence electrons. The highest BCUT2D eigenvalue weighted by molar-refractivity contribution is 5.32. The molecule has 0 saturated heterocycles. The third kappa shape index (κ3) is 2.44. The van der Waals surface area contributed by atoms with Crippen LogP contribution in [0, 0.1) is 15.5 Å². The molecule has 1 atom stereocenters. The Kier molecular flexibility index (Phi) is 3.74. The number of hydrogen-bond acceptors (Lipinski definition) is 3. The molecule has 0 spiro atoms. The van der Waals surface area contributed by atoms with Crippen LogP contribution in [0.15, 0.2) is 24.3 Å². The molecule has 0 radical (unpaired) electrons.